The number of imidazole rings is 1. The van der Waals surface area contributed by atoms with Crippen LogP contribution in [0.2, 0.25) is 0 Å². The molecule has 1 amide bonds. The highest BCUT2D eigenvalue weighted by Crippen LogP contribution is 2.29. The van der Waals surface area contributed by atoms with E-state index in [1.165, 1.54) is 17.0 Å². The summed E-state index contributed by atoms with van der Waals surface area (Å²) in [5.74, 6) is 0.824. The van der Waals surface area contributed by atoms with Gasteiger partial charge >= 0.3 is 6.09 Å². The second-order valence-electron chi connectivity index (χ2n) is 7.18. The van der Waals surface area contributed by atoms with Gasteiger partial charge in [-0.2, -0.15) is 0 Å². The van der Waals surface area contributed by atoms with Crippen LogP contribution in [-0.2, 0) is 18.3 Å². The van der Waals surface area contributed by atoms with Crippen molar-refractivity contribution in [1.29, 1.82) is 0 Å². The van der Waals surface area contributed by atoms with Gasteiger partial charge in [-0.3, -0.25) is 10.1 Å². The average molecular weight is 360 g/mol. The van der Waals surface area contributed by atoms with Gasteiger partial charge in [-0.05, 0) is 39.3 Å². The number of benzene rings is 1. The first-order valence-electron chi connectivity index (χ1n) is 8.19. The summed E-state index contributed by atoms with van der Waals surface area (Å²) in [6.45, 7) is 7.42. The molecule has 8 nitrogen and oxygen atoms in total. The lowest BCUT2D eigenvalue weighted by atomic mass is 10.0. The molecule has 1 aromatic carbocycles. The molecule has 0 saturated heterocycles. The number of aryl methyl sites for hydroxylation is 1. The molecule has 0 saturated carbocycles. The summed E-state index contributed by atoms with van der Waals surface area (Å²) in [7, 11) is 3.48. The van der Waals surface area contributed by atoms with Gasteiger partial charge in [0.25, 0.3) is 5.69 Å². The zero-order valence-corrected chi connectivity index (χ0v) is 15.9. The van der Waals surface area contributed by atoms with Crippen LogP contribution in [0.4, 0.5) is 10.5 Å². The Hall–Kier alpha value is -2.90. The van der Waals surface area contributed by atoms with Crippen molar-refractivity contribution in [2.75, 3.05) is 7.05 Å². The summed E-state index contributed by atoms with van der Waals surface area (Å²) in [5, 5.41) is 11.2. The van der Waals surface area contributed by atoms with Crippen LogP contribution < -0.4 is 0 Å². The fourth-order valence-corrected chi connectivity index (χ4v) is 2.49. The first-order chi connectivity index (χ1) is 12.0. The number of carbonyl (C=O) groups is 1. The van der Waals surface area contributed by atoms with Crippen molar-refractivity contribution >= 4 is 11.8 Å². The van der Waals surface area contributed by atoms with Crippen LogP contribution in [0.1, 0.15) is 32.2 Å². The summed E-state index contributed by atoms with van der Waals surface area (Å²) < 4.78 is 7.26. The number of rotatable bonds is 4. The molecule has 1 heterocycles. The third-order valence-electron chi connectivity index (χ3n) is 3.91. The van der Waals surface area contributed by atoms with E-state index in [1.54, 1.807) is 40.1 Å². The SMILES string of the molecule is Cc1ncc(-c2ccc([N+](=O)[O-])cc2CN(C)C(=O)OC(C)(C)C)n1C. The number of aromatic nitrogens is 2. The van der Waals surface area contributed by atoms with E-state index in [0.29, 0.717) is 5.56 Å². The van der Waals surface area contributed by atoms with Gasteiger partial charge in [-0.25, -0.2) is 9.78 Å². The predicted molar refractivity (Wildman–Crippen MR) is 97.7 cm³/mol. The summed E-state index contributed by atoms with van der Waals surface area (Å²) in [4.78, 5) is 28.6. The maximum atomic E-state index is 12.3. The summed E-state index contributed by atoms with van der Waals surface area (Å²) in [5.41, 5.74) is 1.62. The lowest BCUT2D eigenvalue weighted by Gasteiger charge is -2.25. The fourth-order valence-electron chi connectivity index (χ4n) is 2.49. The molecule has 0 aliphatic heterocycles. The number of amides is 1. The number of nitrogens with zero attached hydrogens (tertiary/aromatic N) is 4. The quantitative estimate of drug-likeness (QED) is 0.613. The fraction of sp³-hybridized carbons (Fsp3) is 0.444. The van der Waals surface area contributed by atoms with Gasteiger partial charge in [-0.15, -0.1) is 0 Å². The minimum absolute atomic E-state index is 0.0276. The van der Waals surface area contributed by atoms with Gasteiger partial charge < -0.3 is 14.2 Å². The Labute approximate surface area is 152 Å². The number of non-ortho nitro benzene ring substituents is 1. The predicted octanol–water partition coefficient (Wildman–Crippen LogP) is 3.67. The van der Waals surface area contributed by atoms with E-state index in [-0.39, 0.29) is 12.2 Å². The number of hydrogen-bond acceptors (Lipinski definition) is 5. The smallest absolute Gasteiger partial charge is 0.410 e. The molecule has 0 unspecified atom stereocenters. The molecule has 1 aromatic heterocycles. The Kier molecular flexibility index (Phi) is 5.34. The normalized spacial score (nSPS) is 11.3. The zero-order valence-electron chi connectivity index (χ0n) is 15.9. The second-order valence-corrected chi connectivity index (χ2v) is 7.18. The third-order valence-corrected chi connectivity index (χ3v) is 3.91. The minimum Gasteiger partial charge on any atom is -0.444 e. The molecule has 0 fully saturated rings. The van der Waals surface area contributed by atoms with Crippen LogP contribution in [0.15, 0.2) is 24.4 Å². The van der Waals surface area contributed by atoms with E-state index in [1.807, 2.05) is 18.5 Å². The van der Waals surface area contributed by atoms with Gasteiger partial charge in [0.05, 0.1) is 16.8 Å². The molecule has 0 aliphatic carbocycles. The second kappa shape index (κ2) is 7.15. The molecule has 8 heteroatoms. The summed E-state index contributed by atoms with van der Waals surface area (Å²) in [6.07, 6.45) is 1.23. The van der Waals surface area contributed by atoms with Crippen LogP contribution in [0.5, 0.6) is 0 Å². The number of carbonyl (C=O) groups excluding carboxylic acids is 1. The Bertz CT molecular complexity index is 836. The highest BCUT2D eigenvalue weighted by Gasteiger charge is 2.22. The number of hydrogen-bond donors (Lipinski definition) is 0. The van der Waals surface area contributed by atoms with Gasteiger partial charge in [0, 0.05) is 38.3 Å². The van der Waals surface area contributed by atoms with Crippen LogP contribution in [-0.4, -0.2) is 38.1 Å². The highest BCUT2D eigenvalue weighted by molar-refractivity contribution is 5.70. The van der Waals surface area contributed by atoms with Crippen molar-refractivity contribution in [3.8, 4) is 11.3 Å². The van der Waals surface area contributed by atoms with E-state index in [9.17, 15) is 14.9 Å². The maximum Gasteiger partial charge on any atom is 0.410 e. The molecule has 0 bridgehead atoms. The molecular weight excluding hydrogens is 336 g/mol. The van der Waals surface area contributed by atoms with Gasteiger partial charge in [-0.1, -0.05) is 0 Å². The minimum atomic E-state index is -0.615. The van der Waals surface area contributed by atoms with E-state index < -0.39 is 16.6 Å². The summed E-state index contributed by atoms with van der Waals surface area (Å²) in [6, 6.07) is 4.63. The highest BCUT2D eigenvalue weighted by atomic mass is 16.6. The first-order valence-corrected chi connectivity index (χ1v) is 8.19. The standard InChI is InChI=1S/C18H24N4O4/c1-12-19-10-16(21(12)6)15-8-7-14(22(24)25)9-13(15)11-20(5)17(23)26-18(2,3)4/h7-10H,11H2,1-6H3. The topological polar surface area (TPSA) is 90.5 Å². The van der Waals surface area contributed by atoms with Crippen LogP contribution >= 0.6 is 0 Å². The number of nitro benzene ring substituents is 1. The Morgan fingerprint density at radius 3 is 2.54 bits per heavy atom. The molecule has 0 radical (unpaired) electrons. The van der Waals surface area contributed by atoms with Crippen molar-refractivity contribution in [1.82, 2.24) is 14.5 Å². The maximum absolute atomic E-state index is 12.3. The first kappa shape index (κ1) is 19.4. The van der Waals surface area contributed by atoms with Crippen LogP contribution in [0, 0.1) is 17.0 Å². The Morgan fingerprint density at radius 2 is 2.04 bits per heavy atom. The molecule has 2 aromatic rings. The molecule has 0 atom stereocenters. The molecule has 0 spiro atoms. The third kappa shape index (κ3) is 4.38. The number of nitro groups is 1. The Balaban J connectivity index is 2.41. The largest absolute Gasteiger partial charge is 0.444 e. The monoisotopic (exact) mass is 360 g/mol. The zero-order chi connectivity index (χ0) is 19.6. The molecular formula is C18H24N4O4. The van der Waals surface area contributed by atoms with Crippen molar-refractivity contribution in [2.24, 2.45) is 7.05 Å². The Morgan fingerprint density at radius 1 is 1.38 bits per heavy atom. The van der Waals surface area contributed by atoms with Gasteiger partial charge in [0.2, 0.25) is 0 Å². The van der Waals surface area contributed by atoms with E-state index in [4.69, 9.17) is 4.74 Å². The van der Waals surface area contributed by atoms with Crippen molar-refractivity contribution in [3.05, 3.63) is 45.9 Å². The van der Waals surface area contributed by atoms with E-state index >= 15 is 0 Å². The molecule has 140 valence electrons. The van der Waals surface area contributed by atoms with Crippen molar-refractivity contribution in [3.63, 3.8) is 0 Å². The van der Waals surface area contributed by atoms with E-state index in [0.717, 1.165) is 17.1 Å². The molecule has 2 rings (SSSR count). The average Bonchev–Trinajstić information content (AvgIpc) is 2.85. The van der Waals surface area contributed by atoms with Gasteiger partial charge in [0.1, 0.15) is 11.4 Å². The molecule has 0 N–H and O–H groups in total. The van der Waals surface area contributed by atoms with Crippen LogP contribution in [0.25, 0.3) is 11.3 Å². The van der Waals surface area contributed by atoms with Crippen molar-refractivity contribution < 1.29 is 14.5 Å². The number of ether oxygens (including phenoxy) is 1. The van der Waals surface area contributed by atoms with Crippen LogP contribution in [0.3, 0.4) is 0 Å². The lowest BCUT2D eigenvalue weighted by Crippen LogP contribution is -2.34. The van der Waals surface area contributed by atoms with Gasteiger partial charge in [0.15, 0.2) is 0 Å². The van der Waals surface area contributed by atoms with Crippen molar-refractivity contribution in [2.45, 2.75) is 39.8 Å². The lowest BCUT2D eigenvalue weighted by molar-refractivity contribution is -0.384. The van der Waals surface area contributed by atoms with E-state index in [2.05, 4.69) is 4.98 Å². The summed E-state index contributed by atoms with van der Waals surface area (Å²) >= 11 is 0. The molecule has 0 aliphatic rings. The molecule has 26 heavy (non-hydrogen) atoms.